The fourth-order valence-electron chi connectivity index (χ4n) is 2.03. The SMILES string of the molecule is Cc1cc(Br)cc2[nH]c(-c3ccccc3F)nc12. The number of nitrogens with one attached hydrogen (secondary N) is 1. The number of aryl methyl sites for hydroxylation is 1. The van der Waals surface area contributed by atoms with Crippen molar-refractivity contribution in [2.24, 2.45) is 0 Å². The Hall–Kier alpha value is -1.68. The van der Waals surface area contributed by atoms with Gasteiger partial charge in [-0.25, -0.2) is 9.37 Å². The van der Waals surface area contributed by atoms with Crippen molar-refractivity contribution in [1.29, 1.82) is 0 Å². The molecule has 0 aliphatic carbocycles. The third-order valence-electron chi connectivity index (χ3n) is 2.87. The van der Waals surface area contributed by atoms with Gasteiger partial charge in [0.25, 0.3) is 0 Å². The van der Waals surface area contributed by atoms with E-state index < -0.39 is 0 Å². The Kier molecular flexibility index (Phi) is 2.67. The molecule has 1 aromatic heterocycles. The minimum atomic E-state index is -0.270. The highest BCUT2D eigenvalue weighted by Crippen LogP contribution is 2.27. The lowest BCUT2D eigenvalue weighted by atomic mass is 10.2. The number of imidazole rings is 1. The molecule has 0 amide bonds. The van der Waals surface area contributed by atoms with Crippen molar-refractivity contribution in [3.8, 4) is 11.4 Å². The zero-order valence-corrected chi connectivity index (χ0v) is 11.3. The minimum Gasteiger partial charge on any atom is -0.338 e. The van der Waals surface area contributed by atoms with Gasteiger partial charge in [0.2, 0.25) is 0 Å². The standard InChI is InChI=1S/C14H10BrFN2/c1-8-6-9(15)7-12-13(8)18-14(17-12)10-4-2-3-5-11(10)16/h2-7H,1H3,(H,17,18). The molecule has 0 bridgehead atoms. The van der Waals surface area contributed by atoms with Crippen molar-refractivity contribution in [2.45, 2.75) is 6.92 Å². The van der Waals surface area contributed by atoms with Gasteiger partial charge in [0.1, 0.15) is 11.6 Å². The van der Waals surface area contributed by atoms with Crippen molar-refractivity contribution in [2.75, 3.05) is 0 Å². The summed E-state index contributed by atoms with van der Waals surface area (Å²) in [7, 11) is 0. The van der Waals surface area contributed by atoms with E-state index in [-0.39, 0.29) is 5.82 Å². The van der Waals surface area contributed by atoms with Gasteiger partial charge in [0.05, 0.1) is 16.6 Å². The monoisotopic (exact) mass is 304 g/mol. The highest BCUT2D eigenvalue weighted by Gasteiger charge is 2.11. The van der Waals surface area contributed by atoms with Crippen LogP contribution >= 0.6 is 15.9 Å². The van der Waals surface area contributed by atoms with Crippen molar-refractivity contribution in [1.82, 2.24) is 9.97 Å². The van der Waals surface area contributed by atoms with Crippen LogP contribution < -0.4 is 0 Å². The summed E-state index contributed by atoms with van der Waals surface area (Å²) in [6.45, 7) is 1.99. The Bertz CT molecular complexity index is 734. The molecule has 0 radical (unpaired) electrons. The summed E-state index contributed by atoms with van der Waals surface area (Å²) in [6.07, 6.45) is 0. The molecule has 0 fully saturated rings. The molecule has 3 aromatic rings. The minimum absolute atomic E-state index is 0.270. The average Bonchev–Trinajstić information content (AvgIpc) is 2.73. The fourth-order valence-corrected chi connectivity index (χ4v) is 2.60. The summed E-state index contributed by atoms with van der Waals surface area (Å²) >= 11 is 3.44. The van der Waals surface area contributed by atoms with Gasteiger partial charge < -0.3 is 4.98 Å². The summed E-state index contributed by atoms with van der Waals surface area (Å²) in [5, 5.41) is 0. The van der Waals surface area contributed by atoms with Gasteiger partial charge in [-0.3, -0.25) is 0 Å². The Morgan fingerprint density at radius 2 is 2.00 bits per heavy atom. The largest absolute Gasteiger partial charge is 0.338 e. The van der Waals surface area contributed by atoms with Crippen LogP contribution in [-0.2, 0) is 0 Å². The molecule has 0 aliphatic heterocycles. The van der Waals surface area contributed by atoms with E-state index in [0.29, 0.717) is 11.4 Å². The molecule has 18 heavy (non-hydrogen) atoms. The summed E-state index contributed by atoms with van der Waals surface area (Å²) < 4.78 is 14.7. The van der Waals surface area contributed by atoms with Gasteiger partial charge in [-0.2, -0.15) is 0 Å². The Morgan fingerprint density at radius 3 is 2.78 bits per heavy atom. The second-order valence-corrected chi connectivity index (χ2v) is 5.10. The molecule has 0 aliphatic rings. The molecular weight excluding hydrogens is 295 g/mol. The molecule has 4 heteroatoms. The maximum absolute atomic E-state index is 13.7. The van der Waals surface area contributed by atoms with Crippen LogP contribution in [0.4, 0.5) is 4.39 Å². The van der Waals surface area contributed by atoms with E-state index in [1.54, 1.807) is 18.2 Å². The van der Waals surface area contributed by atoms with Crippen LogP contribution in [0.5, 0.6) is 0 Å². The number of fused-ring (bicyclic) bond motifs is 1. The Labute approximate surface area is 112 Å². The van der Waals surface area contributed by atoms with Gasteiger partial charge in [0.15, 0.2) is 0 Å². The number of H-pyrrole nitrogens is 1. The fraction of sp³-hybridized carbons (Fsp3) is 0.0714. The molecule has 1 heterocycles. The van der Waals surface area contributed by atoms with Crippen LogP contribution in [0.25, 0.3) is 22.4 Å². The molecule has 0 atom stereocenters. The van der Waals surface area contributed by atoms with Crippen LogP contribution in [0.15, 0.2) is 40.9 Å². The van der Waals surface area contributed by atoms with E-state index in [9.17, 15) is 4.39 Å². The predicted molar refractivity (Wildman–Crippen MR) is 73.9 cm³/mol. The number of aromatic nitrogens is 2. The van der Waals surface area contributed by atoms with E-state index in [4.69, 9.17) is 0 Å². The van der Waals surface area contributed by atoms with E-state index in [1.807, 2.05) is 19.1 Å². The van der Waals surface area contributed by atoms with Crippen molar-refractivity contribution in [3.05, 3.63) is 52.3 Å². The van der Waals surface area contributed by atoms with Gasteiger partial charge >= 0.3 is 0 Å². The van der Waals surface area contributed by atoms with E-state index in [2.05, 4.69) is 25.9 Å². The summed E-state index contributed by atoms with van der Waals surface area (Å²) in [4.78, 5) is 7.62. The topological polar surface area (TPSA) is 28.7 Å². The smallest absolute Gasteiger partial charge is 0.141 e. The van der Waals surface area contributed by atoms with Crippen molar-refractivity contribution in [3.63, 3.8) is 0 Å². The first-order chi connectivity index (χ1) is 8.65. The molecule has 0 saturated carbocycles. The average molecular weight is 305 g/mol. The first-order valence-corrected chi connectivity index (χ1v) is 6.35. The molecule has 0 saturated heterocycles. The Morgan fingerprint density at radius 1 is 1.22 bits per heavy atom. The molecule has 3 rings (SSSR count). The van der Waals surface area contributed by atoms with Gasteiger partial charge in [0, 0.05) is 4.47 Å². The lowest BCUT2D eigenvalue weighted by Gasteiger charge is -1.97. The van der Waals surface area contributed by atoms with Crippen LogP contribution in [0.1, 0.15) is 5.56 Å². The molecule has 2 aromatic carbocycles. The number of benzene rings is 2. The highest BCUT2D eigenvalue weighted by atomic mass is 79.9. The molecule has 0 spiro atoms. The second-order valence-electron chi connectivity index (χ2n) is 4.18. The Balaban J connectivity index is 2.26. The van der Waals surface area contributed by atoms with Gasteiger partial charge in [-0.15, -0.1) is 0 Å². The van der Waals surface area contributed by atoms with Gasteiger partial charge in [-0.05, 0) is 36.8 Å². The lowest BCUT2D eigenvalue weighted by molar-refractivity contribution is 0.630. The zero-order chi connectivity index (χ0) is 12.7. The molecular formula is C14H10BrFN2. The summed E-state index contributed by atoms with van der Waals surface area (Å²) in [5.41, 5.74) is 3.32. The van der Waals surface area contributed by atoms with E-state index >= 15 is 0 Å². The number of hydrogen-bond acceptors (Lipinski definition) is 1. The predicted octanol–water partition coefficient (Wildman–Crippen LogP) is 4.44. The molecule has 1 N–H and O–H groups in total. The van der Waals surface area contributed by atoms with E-state index in [0.717, 1.165) is 21.1 Å². The number of aromatic amines is 1. The number of hydrogen-bond donors (Lipinski definition) is 1. The molecule has 0 unspecified atom stereocenters. The second kappa shape index (κ2) is 4.21. The quantitative estimate of drug-likeness (QED) is 0.707. The molecule has 2 nitrogen and oxygen atoms in total. The van der Waals surface area contributed by atoms with Crippen LogP contribution in [0, 0.1) is 12.7 Å². The van der Waals surface area contributed by atoms with E-state index in [1.165, 1.54) is 6.07 Å². The highest BCUT2D eigenvalue weighted by molar-refractivity contribution is 9.10. The third-order valence-corrected chi connectivity index (χ3v) is 3.33. The number of halogens is 2. The van der Waals surface area contributed by atoms with Crippen LogP contribution in [0.2, 0.25) is 0 Å². The van der Waals surface area contributed by atoms with Crippen molar-refractivity contribution < 1.29 is 4.39 Å². The summed E-state index contributed by atoms with van der Waals surface area (Å²) in [5.74, 6) is 0.289. The number of nitrogens with zero attached hydrogens (tertiary/aromatic N) is 1. The zero-order valence-electron chi connectivity index (χ0n) is 9.67. The van der Waals surface area contributed by atoms with Gasteiger partial charge in [-0.1, -0.05) is 28.1 Å². The maximum Gasteiger partial charge on any atom is 0.141 e. The molecule has 90 valence electrons. The number of rotatable bonds is 1. The van der Waals surface area contributed by atoms with Crippen LogP contribution in [-0.4, -0.2) is 9.97 Å². The first kappa shape index (κ1) is 11.4. The summed E-state index contributed by atoms with van der Waals surface area (Å²) in [6, 6.07) is 10.6. The normalized spacial score (nSPS) is 11.1. The van der Waals surface area contributed by atoms with Crippen molar-refractivity contribution >= 4 is 27.0 Å². The van der Waals surface area contributed by atoms with Crippen LogP contribution in [0.3, 0.4) is 0 Å². The first-order valence-electron chi connectivity index (χ1n) is 5.56. The lowest BCUT2D eigenvalue weighted by Crippen LogP contribution is -1.85. The third kappa shape index (κ3) is 1.82. The maximum atomic E-state index is 13.7.